The lowest BCUT2D eigenvalue weighted by atomic mass is 10.1. The maximum atomic E-state index is 14.8. The summed E-state index contributed by atoms with van der Waals surface area (Å²) in [5.41, 5.74) is 0.118. The molecule has 172 valence electrons. The van der Waals surface area contributed by atoms with E-state index >= 15 is 0 Å². The molecule has 2 N–H and O–H groups in total. The van der Waals surface area contributed by atoms with Crippen molar-refractivity contribution in [3.8, 4) is 22.8 Å². The molecule has 1 aliphatic rings. The van der Waals surface area contributed by atoms with Crippen LogP contribution < -0.4 is 20.1 Å². The molecule has 0 aliphatic carbocycles. The summed E-state index contributed by atoms with van der Waals surface area (Å²) < 4.78 is 45.1. The van der Waals surface area contributed by atoms with Crippen LogP contribution in [0.2, 0.25) is 0 Å². The summed E-state index contributed by atoms with van der Waals surface area (Å²) in [7, 11) is 2.55. The van der Waals surface area contributed by atoms with Crippen molar-refractivity contribution in [2.24, 2.45) is 0 Å². The largest absolute Gasteiger partial charge is 0.494 e. The number of methoxy groups -OCH3 is 2. The Morgan fingerprint density at radius 1 is 1.12 bits per heavy atom. The molecule has 11 heteroatoms. The smallest absolute Gasteiger partial charge is 0.243 e. The van der Waals surface area contributed by atoms with Gasteiger partial charge in [0.25, 0.3) is 0 Å². The second-order valence-corrected chi connectivity index (χ2v) is 7.21. The molecule has 0 spiro atoms. The number of carbonyl (C=O) groups is 1. The molecule has 3 aromatic rings. The molecular weight excluding hydrogens is 436 g/mol. The first kappa shape index (κ1) is 22.3. The fourth-order valence-electron chi connectivity index (χ4n) is 3.50. The maximum Gasteiger partial charge on any atom is 0.243 e. The van der Waals surface area contributed by atoms with Gasteiger partial charge in [-0.3, -0.25) is 9.78 Å². The third-order valence-electron chi connectivity index (χ3n) is 5.20. The van der Waals surface area contributed by atoms with Crippen LogP contribution in [0.25, 0.3) is 22.2 Å². The number of anilines is 1. The lowest BCUT2D eigenvalue weighted by Crippen LogP contribution is -2.45. The van der Waals surface area contributed by atoms with E-state index < -0.39 is 11.6 Å². The second kappa shape index (κ2) is 9.33. The Morgan fingerprint density at radius 2 is 1.82 bits per heavy atom. The zero-order valence-electron chi connectivity index (χ0n) is 17.9. The molecule has 1 amide bonds. The summed E-state index contributed by atoms with van der Waals surface area (Å²) >= 11 is 0. The fraction of sp³-hybridized carbons (Fsp3) is 0.273. The van der Waals surface area contributed by atoms with Gasteiger partial charge in [0.05, 0.1) is 62.5 Å². The Hall–Kier alpha value is -3.86. The first-order chi connectivity index (χ1) is 15.9. The molecule has 0 saturated carbocycles. The van der Waals surface area contributed by atoms with E-state index in [-0.39, 0.29) is 40.7 Å². The van der Waals surface area contributed by atoms with E-state index in [9.17, 15) is 13.6 Å². The van der Waals surface area contributed by atoms with E-state index in [0.717, 1.165) is 6.07 Å². The quantitative estimate of drug-likeness (QED) is 0.521. The van der Waals surface area contributed by atoms with Crippen molar-refractivity contribution in [2.45, 2.75) is 12.1 Å². The van der Waals surface area contributed by atoms with E-state index in [1.807, 2.05) is 0 Å². The summed E-state index contributed by atoms with van der Waals surface area (Å²) in [5.74, 6) is -2.13. The van der Waals surface area contributed by atoms with Gasteiger partial charge in [-0.25, -0.2) is 18.7 Å². The molecule has 1 fully saturated rings. The number of amides is 1. The lowest BCUT2D eigenvalue weighted by Gasteiger charge is -2.19. The van der Waals surface area contributed by atoms with Crippen molar-refractivity contribution in [1.82, 2.24) is 20.3 Å². The van der Waals surface area contributed by atoms with E-state index in [2.05, 4.69) is 32.2 Å². The van der Waals surface area contributed by atoms with Crippen molar-refractivity contribution in [2.75, 3.05) is 32.8 Å². The molecular formula is C22H21F2N5O4. The SMILES string of the molecule is C=CC(=O)NC1COCC1Nc1ncc2cc(-c3c(F)c(OC)cc(OC)c3F)ncc2n1. The van der Waals surface area contributed by atoms with E-state index in [0.29, 0.717) is 30.1 Å². The number of aromatic nitrogens is 3. The van der Waals surface area contributed by atoms with Crippen LogP contribution in [0, 0.1) is 11.6 Å². The standard InChI is InChI=1S/C22H21F2N5O4/c1-4-18(30)27-14-9-33-10-15(14)29-22-26-7-11-5-12(25-8-13(11)28-22)19-20(23)16(31-2)6-17(32-3)21(19)24/h4-8,14-15H,1,9-10H2,2-3H3,(H,27,30)(H,26,28,29). The van der Waals surface area contributed by atoms with Gasteiger partial charge in [-0.1, -0.05) is 6.58 Å². The van der Waals surface area contributed by atoms with Gasteiger partial charge in [-0.2, -0.15) is 0 Å². The zero-order valence-corrected chi connectivity index (χ0v) is 17.9. The van der Waals surface area contributed by atoms with Gasteiger partial charge in [-0.15, -0.1) is 0 Å². The Balaban J connectivity index is 1.63. The van der Waals surface area contributed by atoms with Crippen LogP contribution in [0.4, 0.5) is 14.7 Å². The van der Waals surface area contributed by atoms with Gasteiger partial charge in [0.15, 0.2) is 23.1 Å². The van der Waals surface area contributed by atoms with Crippen molar-refractivity contribution >= 4 is 22.8 Å². The molecule has 1 saturated heterocycles. The van der Waals surface area contributed by atoms with E-state index in [4.69, 9.17) is 14.2 Å². The summed E-state index contributed by atoms with van der Waals surface area (Å²) in [4.78, 5) is 24.5. The van der Waals surface area contributed by atoms with Crippen molar-refractivity contribution in [1.29, 1.82) is 0 Å². The average Bonchev–Trinajstić information content (AvgIpc) is 3.25. The summed E-state index contributed by atoms with van der Waals surface area (Å²) in [5, 5.41) is 6.44. The molecule has 1 aliphatic heterocycles. The molecule has 1 aromatic carbocycles. The minimum Gasteiger partial charge on any atom is -0.494 e. The van der Waals surface area contributed by atoms with Crippen molar-refractivity contribution < 1.29 is 27.8 Å². The van der Waals surface area contributed by atoms with Gasteiger partial charge in [0.1, 0.15) is 0 Å². The number of carbonyl (C=O) groups excluding carboxylic acids is 1. The zero-order chi connectivity index (χ0) is 23.5. The van der Waals surface area contributed by atoms with Crippen LogP contribution in [0.5, 0.6) is 11.5 Å². The van der Waals surface area contributed by atoms with Crippen molar-refractivity contribution in [3.63, 3.8) is 0 Å². The van der Waals surface area contributed by atoms with E-state index in [1.165, 1.54) is 38.8 Å². The van der Waals surface area contributed by atoms with Crippen LogP contribution in [-0.4, -0.2) is 60.4 Å². The molecule has 3 heterocycles. The minimum atomic E-state index is -0.893. The Kier molecular flexibility index (Phi) is 6.31. The number of fused-ring (bicyclic) bond motifs is 1. The van der Waals surface area contributed by atoms with Crippen molar-refractivity contribution in [3.05, 3.63) is 48.8 Å². The molecule has 0 bridgehead atoms. The van der Waals surface area contributed by atoms with Crippen LogP contribution in [0.1, 0.15) is 0 Å². The summed E-state index contributed by atoms with van der Waals surface area (Å²) in [6.07, 6.45) is 4.09. The number of pyridine rings is 1. The highest BCUT2D eigenvalue weighted by Gasteiger charge is 2.30. The topological polar surface area (TPSA) is 107 Å². The molecule has 2 aromatic heterocycles. The highest BCUT2D eigenvalue weighted by atomic mass is 19.1. The van der Waals surface area contributed by atoms with Gasteiger partial charge in [-0.05, 0) is 12.1 Å². The van der Waals surface area contributed by atoms with E-state index in [1.54, 1.807) is 0 Å². The normalized spacial score (nSPS) is 17.6. The Bertz CT molecular complexity index is 1190. The number of benzene rings is 1. The number of ether oxygens (including phenoxy) is 3. The number of rotatable bonds is 7. The van der Waals surface area contributed by atoms with Crippen LogP contribution in [0.3, 0.4) is 0 Å². The summed E-state index contributed by atoms with van der Waals surface area (Å²) in [6.45, 7) is 4.14. The molecule has 9 nitrogen and oxygen atoms in total. The molecule has 0 radical (unpaired) electrons. The molecule has 2 atom stereocenters. The minimum absolute atomic E-state index is 0.0374. The van der Waals surface area contributed by atoms with Gasteiger partial charge in [0.2, 0.25) is 11.9 Å². The second-order valence-electron chi connectivity index (χ2n) is 7.21. The Morgan fingerprint density at radius 3 is 2.48 bits per heavy atom. The number of hydrogen-bond acceptors (Lipinski definition) is 8. The number of halogens is 2. The monoisotopic (exact) mass is 457 g/mol. The van der Waals surface area contributed by atoms with Gasteiger partial charge >= 0.3 is 0 Å². The average molecular weight is 457 g/mol. The van der Waals surface area contributed by atoms with Crippen LogP contribution in [0.15, 0.2) is 37.2 Å². The molecule has 33 heavy (non-hydrogen) atoms. The fourth-order valence-corrected chi connectivity index (χ4v) is 3.50. The third kappa shape index (κ3) is 4.40. The van der Waals surface area contributed by atoms with Gasteiger partial charge < -0.3 is 24.8 Å². The van der Waals surface area contributed by atoms with Gasteiger partial charge in [0, 0.05) is 17.6 Å². The third-order valence-corrected chi connectivity index (χ3v) is 5.20. The highest BCUT2D eigenvalue weighted by Crippen LogP contribution is 2.37. The summed E-state index contributed by atoms with van der Waals surface area (Å²) in [6, 6.07) is 2.09. The Labute approximate surface area is 187 Å². The number of nitrogens with one attached hydrogen (secondary N) is 2. The first-order valence-corrected chi connectivity index (χ1v) is 9.95. The molecule has 4 rings (SSSR count). The molecule has 2 unspecified atom stereocenters. The lowest BCUT2D eigenvalue weighted by molar-refractivity contribution is -0.117. The van der Waals surface area contributed by atoms with Crippen LogP contribution >= 0.6 is 0 Å². The maximum absolute atomic E-state index is 14.8. The first-order valence-electron chi connectivity index (χ1n) is 9.95. The number of nitrogens with zero attached hydrogens (tertiary/aromatic N) is 3. The highest BCUT2D eigenvalue weighted by molar-refractivity contribution is 5.87. The predicted molar refractivity (Wildman–Crippen MR) is 116 cm³/mol. The predicted octanol–water partition coefficient (Wildman–Crippen LogP) is 2.47. The number of hydrogen-bond donors (Lipinski definition) is 2. The van der Waals surface area contributed by atoms with Crippen LogP contribution in [-0.2, 0) is 9.53 Å².